The molecule has 0 atom stereocenters. The fourth-order valence-corrected chi connectivity index (χ4v) is 4.40. The average molecular weight is 405 g/mol. The molecule has 146 valence electrons. The second-order valence-corrected chi connectivity index (χ2v) is 8.24. The molecule has 3 heterocycles. The second-order valence-electron chi connectivity index (χ2n) is 7.04. The summed E-state index contributed by atoms with van der Waals surface area (Å²) in [5, 5.41) is 4.70. The molecule has 0 radical (unpaired) electrons. The number of anilines is 1. The van der Waals surface area contributed by atoms with Crippen molar-refractivity contribution in [2.24, 2.45) is 7.05 Å². The molecule has 0 spiro atoms. The molecule has 0 fully saturated rings. The lowest BCUT2D eigenvalue weighted by Gasteiger charge is -2.04. The highest BCUT2D eigenvalue weighted by molar-refractivity contribution is 7.16. The number of nitrogens with zero attached hydrogens (tertiary/aromatic N) is 2. The molecule has 5 rings (SSSR count). The molecule has 29 heavy (non-hydrogen) atoms. The highest BCUT2D eigenvalue weighted by atomic mass is 32.1. The Hall–Kier alpha value is -3.32. The first-order chi connectivity index (χ1) is 14.1. The summed E-state index contributed by atoms with van der Waals surface area (Å²) in [5.41, 5.74) is 4.00. The van der Waals surface area contributed by atoms with E-state index in [-0.39, 0.29) is 19.1 Å². The summed E-state index contributed by atoms with van der Waals surface area (Å²) in [5.74, 6) is 1.28. The predicted octanol–water partition coefficient (Wildman–Crippen LogP) is 4.52. The first-order valence-electron chi connectivity index (χ1n) is 9.28. The van der Waals surface area contributed by atoms with Crippen molar-refractivity contribution in [2.45, 2.75) is 13.3 Å². The molecule has 4 aromatic rings. The van der Waals surface area contributed by atoms with Crippen molar-refractivity contribution in [2.75, 3.05) is 12.1 Å². The zero-order valence-electron chi connectivity index (χ0n) is 16.1. The normalized spacial score (nSPS) is 12.5. The van der Waals surface area contributed by atoms with Crippen LogP contribution in [0.1, 0.15) is 10.4 Å². The molecule has 2 aromatic carbocycles. The van der Waals surface area contributed by atoms with E-state index in [0.29, 0.717) is 16.6 Å². The molecule has 0 saturated heterocycles. The molecule has 0 aliphatic carbocycles. The molecule has 1 amide bonds. The van der Waals surface area contributed by atoms with Crippen LogP contribution in [0.3, 0.4) is 0 Å². The lowest BCUT2D eigenvalue weighted by atomic mass is 10.1. The van der Waals surface area contributed by atoms with Gasteiger partial charge >= 0.3 is 0 Å². The van der Waals surface area contributed by atoms with Crippen LogP contribution in [0, 0.1) is 6.92 Å². The van der Waals surface area contributed by atoms with Gasteiger partial charge in [-0.2, -0.15) is 0 Å². The summed E-state index contributed by atoms with van der Waals surface area (Å²) >= 11 is 1.49. The predicted molar refractivity (Wildman–Crippen MR) is 114 cm³/mol. The van der Waals surface area contributed by atoms with E-state index in [9.17, 15) is 4.79 Å². The molecule has 6 nitrogen and oxygen atoms in total. The number of aromatic nitrogens is 2. The first-order valence-corrected chi connectivity index (χ1v) is 10.1. The van der Waals surface area contributed by atoms with Gasteiger partial charge in [-0.15, -0.1) is 11.3 Å². The van der Waals surface area contributed by atoms with Gasteiger partial charge in [0.2, 0.25) is 12.7 Å². The number of fused-ring (bicyclic) bond motifs is 2. The molecular weight excluding hydrogens is 386 g/mol. The van der Waals surface area contributed by atoms with E-state index < -0.39 is 0 Å². The van der Waals surface area contributed by atoms with Gasteiger partial charge in [-0.1, -0.05) is 12.1 Å². The van der Waals surface area contributed by atoms with Crippen molar-refractivity contribution in [3.05, 3.63) is 59.1 Å². The van der Waals surface area contributed by atoms with Gasteiger partial charge in [0.15, 0.2) is 16.6 Å². The summed E-state index contributed by atoms with van der Waals surface area (Å²) in [6, 6.07) is 13.9. The third-order valence-electron chi connectivity index (χ3n) is 5.00. The van der Waals surface area contributed by atoms with Crippen molar-refractivity contribution in [1.82, 2.24) is 9.55 Å². The van der Waals surface area contributed by atoms with Gasteiger partial charge in [-0.25, -0.2) is 4.98 Å². The molecule has 7 heteroatoms. The molecule has 1 aliphatic heterocycles. The van der Waals surface area contributed by atoms with Gasteiger partial charge in [0, 0.05) is 34.6 Å². The summed E-state index contributed by atoms with van der Waals surface area (Å²) in [4.78, 5) is 18.2. The maximum atomic E-state index is 12.5. The Morgan fingerprint density at radius 3 is 2.93 bits per heavy atom. The van der Waals surface area contributed by atoms with Crippen LogP contribution in [0.5, 0.6) is 11.5 Å². The number of carbonyl (C=O) groups is 1. The van der Waals surface area contributed by atoms with Gasteiger partial charge in [-0.05, 0) is 42.8 Å². The topological polar surface area (TPSA) is 65.4 Å². The maximum Gasteiger partial charge on any atom is 0.231 e. The summed E-state index contributed by atoms with van der Waals surface area (Å²) in [6.45, 7) is 2.25. The van der Waals surface area contributed by atoms with Crippen LogP contribution in [0.15, 0.2) is 48.7 Å². The number of ether oxygens (including phenoxy) is 2. The number of amides is 1. The number of thiazole rings is 1. The Morgan fingerprint density at radius 2 is 2.03 bits per heavy atom. The zero-order valence-corrected chi connectivity index (χ0v) is 16.9. The molecule has 0 unspecified atom stereocenters. The summed E-state index contributed by atoms with van der Waals surface area (Å²) < 4.78 is 12.8. The molecule has 0 bridgehead atoms. The Morgan fingerprint density at radius 1 is 1.17 bits per heavy atom. The largest absolute Gasteiger partial charge is 0.454 e. The Bertz CT molecular complexity index is 1240. The van der Waals surface area contributed by atoms with Crippen LogP contribution in [-0.2, 0) is 18.3 Å². The van der Waals surface area contributed by atoms with Gasteiger partial charge in [0.1, 0.15) is 0 Å². The van der Waals surface area contributed by atoms with E-state index in [0.717, 1.165) is 21.7 Å². The van der Waals surface area contributed by atoms with Crippen LogP contribution in [0.4, 0.5) is 5.13 Å². The summed E-state index contributed by atoms with van der Waals surface area (Å²) in [6.07, 6.45) is 2.30. The third-order valence-corrected chi connectivity index (χ3v) is 5.89. The standard InChI is InChI=1S/C22H19N3O3S/c1-13-21(16-4-5-17-15(11-16)7-8-25(17)2)24-22(29-13)23-20(26)10-14-3-6-18-19(9-14)28-12-27-18/h3-9,11H,10,12H2,1-2H3,(H,23,24,26). The fourth-order valence-electron chi connectivity index (χ4n) is 3.55. The second kappa shape index (κ2) is 6.93. The van der Waals surface area contributed by atoms with E-state index in [4.69, 9.17) is 9.47 Å². The molecule has 1 N–H and O–H groups in total. The zero-order chi connectivity index (χ0) is 20.0. The van der Waals surface area contributed by atoms with Crippen LogP contribution in [0.2, 0.25) is 0 Å². The number of nitrogens with one attached hydrogen (secondary N) is 1. The minimum atomic E-state index is -0.109. The summed E-state index contributed by atoms with van der Waals surface area (Å²) in [7, 11) is 2.03. The van der Waals surface area contributed by atoms with Crippen LogP contribution < -0.4 is 14.8 Å². The minimum Gasteiger partial charge on any atom is -0.454 e. The van der Waals surface area contributed by atoms with Crippen molar-refractivity contribution in [3.63, 3.8) is 0 Å². The Balaban J connectivity index is 1.33. The third kappa shape index (κ3) is 3.34. The fraction of sp³-hybridized carbons (Fsp3) is 0.182. The highest BCUT2D eigenvalue weighted by Crippen LogP contribution is 2.34. The lowest BCUT2D eigenvalue weighted by molar-refractivity contribution is -0.115. The smallest absolute Gasteiger partial charge is 0.231 e. The number of rotatable bonds is 4. The molecule has 0 saturated carbocycles. The van der Waals surface area contributed by atoms with Crippen LogP contribution in [0.25, 0.3) is 22.2 Å². The lowest BCUT2D eigenvalue weighted by Crippen LogP contribution is -2.14. The quantitative estimate of drug-likeness (QED) is 0.542. The first kappa shape index (κ1) is 17.8. The number of hydrogen-bond donors (Lipinski definition) is 1. The molecule has 1 aliphatic rings. The van der Waals surface area contributed by atoms with Crippen molar-refractivity contribution in [1.29, 1.82) is 0 Å². The monoisotopic (exact) mass is 405 g/mol. The minimum absolute atomic E-state index is 0.109. The van der Waals surface area contributed by atoms with Crippen molar-refractivity contribution < 1.29 is 14.3 Å². The van der Waals surface area contributed by atoms with Crippen LogP contribution in [-0.4, -0.2) is 22.3 Å². The SMILES string of the molecule is Cc1sc(NC(=O)Cc2ccc3c(c2)OCO3)nc1-c1ccc2c(ccn2C)c1. The number of benzene rings is 2. The number of aryl methyl sites for hydroxylation is 2. The van der Waals surface area contributed by atoms with Gasteiger partial charge < -0.3 is 19.4 Å². The van der Waals surface area contributed by atoms with Gasteiger partial charge in [0.05, 0.1) is 12.1 Å². The molecular formula is C22H19N3O3S. The van der Waals surface area contributed by atoms with E-state index >= 15 is 0 Å². The highest BCUT2D eigenvalue weighted by Gasteiger charge is 2.16. The van der Waals surface area contributed by atoms with E-state index in [2.05, 4.69) is 39.1 Å². The van der Waals surface area contributed by atoms with Crippen molar-refractivity contribution in [3.8, 4) is 22.8 Å². The van der Waals surface area contributed by atoms with Crippen LogP contribution >= 0.6 is 11.3 Å². The molecule has 2 aromatic heterocycles. The Labute approximate surface area is 171 Å². The number of carbonyl (C=O) groups excluding carboxylic acids is 1. The number of hydrogen-bond acceptors (Lipinski definition) is 5. The van der Waals surface area contributed by atoms with Crippen molar-refractivity contribution >= 4 is 33.3 Å². The van der Waals surface area contributed by atoms with Gasteiger partial charge in [-0.3, -0.25) is 4.79 Å². The Kier molecular flexibility index (Phi) is 4.24. The van der Waals surface area contributed by atoms with E-state index in [1.807, 2.05) is 38.4 Å². The van der Waals surface area contributed by atoms with E-state index in [1.54, 1.807) is 0 Å². The van der Waals surface area contributed by atoms with E-state index in [1.165, 1.54) is 22.2 Å². The maximum absolute atomic E-state index is 12.5. The average Bonchev–Trinajstić information content (AvgIpc) is 3.40. The van der Waals surface area contributed by atoms with Gasteiger partial charge in [0.25, 0.3) is 0 Å².